The average molecular weight is 329 g/mol. The smallest absolute Gasteiger partial charge is 0.270 e. The van der Waals surface area contributed by atoms with Gasteiger partial charge in [-0.05, 0) is 18.4 Å². The molecule has 0 spiro atoms. The van der Waals surface area contributed by atoms with E-state index in [1.807, 2.05) is 35.0 Å². The van der Waals surface area contributed by atoms with Crippen molar-refractivity contribution >= 4 is 23.5 Å². The van der Waals surface area contributed by atoms with Crippen molar-refractivity contribution in [1.29, 1.82) is 0 Å². The lowest BCUT2D eigenvalue weighted by atomic mass is 10.1. The number of thioether (sulfide) groups is 1. The fraction of sp³-hybridized carbons (Fsp3) is 0.412. The van der Waals surface area contributed by atoms with Gasteiger partial charge in [0.1, 0.15) is 5.82 Å². The first-order valence-corrected chi connectivity index (χ1v) is 9.09. The number of nitrogens with zero attached hydrogens (tertiary/aromatic N) is 1. The van der Waals surface area contributed by atoms with Crippen LogP contribution in [0.5, 0.6) is 0 Å². The fourth-order valence-electron chi connectivity index (χ4n) is 3.57. The second-order valence-corrected chi connectivity index (χ2v) is 7.25. The molecular formula is C17H19N3O2S. The van der Waals surface area contributed by atoms with Crippen molar-refractivity contribution in [2.24, 2.45) is 0 Å². The number of benzene rings is 1. The Labute approximate surface area is 138 Å². The maximum Gasteiger partial charge on any atom is 0.270 e. The topological polar surface area (TPSA) is 66.9 Å². The third kappa shape index (κ3) is 2.61. The summed E-state index contributed by atoms with van der Waals surface area (Å²) in [5.74, 6) is 0.990. The van der Waals surface area contributed by atoms with Gasteiger partial charge in [-0.2, -0.15) is 0 Å². The van der Waals surface area contributed by atoms with E-state index >= 15 is 0 Å². The van der Waals surface area contributed by atoms with E-state index in [0.29, 0.717) is 17.1 Å². The molecule has 1 saturated carbocycles. The van der Waals surface area contributed by atoms with Crippen molar-refractivity contribution < 1.29 is 4.79 Å². The van der Waals surface area contributed by atoms with Gasteiger partial charge >= 0.3 is 0 Å². The molecule has 0 unspecified atom stereocenters. The number of H-pyrrole nitrogens is 1. The van der Waals surface area contributed by atoms with Crippen molar-refractivity contribution in [2.75, 3.05) is 11.1 Å². The number of amides is 1. The molecule has 2 N–H and O–H groups in total. The van der Waals surface area contributed by atoms with Gasteiger partial charge in [0, 0.05) is 0 Å². The summed E-state index contributed by atoms with van der Waals surface area (Å²) in [5, 5.41) is 5.82. The zero-order valence-corrected chi connectivity index (χ0v) is 13.6. The Balaban J connectivity index is 1.85. The molecule has 4 rings (SSSR count). The number of rotatable bonds is 2. The summed E-state index contributed by atoms with van der Waals surface area (Å²) < 4.78 is 1.91. The lowest BCUT2D eigenvalue weighted by Crippen LogP contribution is -2.18. The molecule has 1 amide bonds. The summed E-state index contributed by atoms with van der Waals surface area (Å²) in [4.78, 5) is 24.8. The quantitative estimate of drug-likeness (QED) is 0.890. The lowest BCUT2D eigenvalue weighted by Gasteiger charge is -2.16. The highest BCUT2D eigenvalue weighted by molar-refractivity contribution is 8.00. The molecule has 1 fully saturated rings. The molecule has 1 aliphatic carbocycles. The number of hydrogen-bond donors (Lipinski definition) is 2. The van der Waals surface area contributed by atoms with Gasteiger partial charge in [0.25, 0.3) is 5.56 Å². The number of nitrogens with one attached hydrogen (secondary N) is 2. The van der Waals surface area contributed by atoms with Crippen LogP contribution in [0.1, 0.15) is 48.1 Å². The second kappa shape index (κ2) is 5.92. The molecule has 1 aromatic heterocycles. The average Bonchev–Trinajstić information content (AvgIpc) is 3.14. The SMILES string of the molecule is O=C1CS[C@@H](c2ccccc2)c2c(n(C3CCCC3)[nH]c2=O)N1. The summed E-state index contributed by atoms with van der Waals surface area (Å²) in [6.07, 6.45) is 4.45. The Morgan fingerprint density at radius 3 is 2.57 bits per heavy atom. The minimum atomic E-state index is -0.114. The van der Waals surface area contributed by atoms with E-state index in [9.17, 15) is 9.59 Å². The van der Waals surface area contributed by atoms with Crippen molar-refractivity contribution in [3.63, 3.8) is 0 Å². The van der Waals surface area contributed by atoms with Crippen LogP contribution in [0, 0.1) is 0 Å². The summed E-state index contributed by atoms with van der Waals surface area (Å²) in [6.45, 7) is 0. The Morgan fingerprint density at radius 2 is 1.83 bits per heavy atom. The van der Waals surface area contributed by atoms with Gasteiger partial charge in [-0.25, -0.2) is 0 Å². The van der Waals surface area contributed by atoms with Crippen LogP contribution in [0.25, 0.3) is 0 Å². The number of aromatic amines is 1. The molecule has 5 nitrogen and oxygen atoms in total. The molecule has 2 heterocycles. The highest BCUT2D eigenvalue weighted by Gasteiger charge is 2.32. The van der Waals surface area contributed by atoms with Crippen molar-refractivity contribution in [3.8, 4) is 0 Å². The molecular weight excluding hydrogens is 310 g/mol. The minimum Gasteiger partial charge on any atom is -0.310 e. The Morgan fingerprint density at radius 1 is 1.09 bits per heavy atom. The van der Waals surface area contributed by atoms with E-state index in [0.717, 1.165) is 18.4 Å². The first-order chi connectivity index (χ1) is 11.2. The summed E-state index contributed by atoms with van der Waals surface area (Å²) in [7, 11) is 0. The molecule has 1 aliphatic heterocycles. The zero-order chi connectivity index (χ0) is 15.8. The van der Waals surface area contributed by atoms with Gasteiger partial charge in [-0.1, -0.05) is 43.2 Å². The van der Waals surface area contributed by atoms with Crippen LogP contribution in [0.3, 0.4) is 0 Å². The highest BCUT2D eigenvalue weighted by Crippen LogP contribution is 2.41. The van der Waals surface area contributed by atoms with E-state index in [4.69, 9.17) is 0 Å². The van der Waals surface area contributed by atoms with Gasteiger partial charge in [0.15, 0.2) is 0 Å². The second-order valence-electron chi connectivity index (χ2n) is 6.16. The largest absolute Gasteiger partial charge is 0.310 e. The molecule has 0 radical (unpaired) electrons. The van der Waals surface area contributed by atoms with Gasteiger partial charge in [0.05, 0.1) is 22.6 Å². The van der Waals surface area contributed by atoms with Gasteiger partial charge in [-0.3, -0.25) is 19.4 Å². The van der Waals surface area contributed by atoms with Gasteiger partial charge in [0.2, 0.25) is 5.91 Å². The molecule has 23 heavy (non-hydrogen) atoms. The Bertz CT molecular complexity index is 775. The normalized spacial score (nSPS) is 21.7. The third-order valence-corrected chi connectivity index (χ3v) is 5.93. The first-order valence-electron chi connectivity index (χ1n) is 8.05. The van der Waals surface area contributed by atoms with E-state index < -0.39 is 0 Å². The van der Waals surface area contributed by atoms with E-state index in [1.165, 1.54) is 24.6 Å². The van der Waals surface area contributed by atoms with E-state index in [-0.39, 0.29) is 22.8 Å². The predicted octanol–water partition coefficient (Wildman–Crippen LogP) is 3.07. The highest BCUT2D eigenvalue weighted by atomic mass is 32.2. The predicted molar refractivity (Wildman–Crippen MR) is 91.9 cm³/mol. The molecule has 6 heteroatoms. The molecule has 1 atom stereocenters. The first kappa shape index (κ1) is 14.6. The van der Waals surface area contributed by atoms with Crippen LogP contribution in [0.4, 0.5) is 5.82 Å². The van der Waals surface area contributed by atoms with Crippen molar-refractivity contribution in [2.45, 2.75) is 37.0 Å². The van der Waals surface area contributed by atoms with Crippen LogP contribution in [-0.2, 0) is 4.79 Å². The standard InChI is InChI=1S/C17H19N3O2S/c21-13-10-23-15(11-6-2-1-3-7-11)14-16(18-13)20(19-17(14)22)12-8-4-5-9-12/h1-3,6-7,12,15H,4-5,8-10H2,(H,18,21)(H,19,22)/t15-/m0/s1. The van der Waals surface area contributed by atoms with Gasteiger partial charge < -0.3 is 5.32 Å². The number of carbonyl (C=O) groups is 1. The Hall–Kier alpha value is -1.95. The molecule has 0 bridgehead atoms. The van der Waals surface area contributed by atoms with Crippen molar-refractivity contribution in [3.05, 3.63) is 51.8 Å². The van der Waals surface area contributed by atoms with Gasteiger partial charge in [-0.15, -0.1) is 11.8 Å². The maximum atomic E-state index is 12.6. The molecule has 2 aliphatic rings. The lowest BCUT2D eigenvalue weighted by molar-refractivity contribution is -0.113. The zero-order valence-electron chi connectivity index (χ0n) is 12.7. The number of carbonyl (C=O) groups excluding carboxylic acids is 1. The maximum absolute atomic E-state index is 12.6. The third-order valence-electron chi connectivity index (χ3n) is 4.66. The van der Waals surface area contributed by atoms with E-state index in [2.05, 4.69) is 10.4 Å². The Kier molecular flexibility index (Phi) is 3.77. The van der Waals surface area contributed by atoms with E-state index in [1.54, 1.807) is 0 Å². The van der Waals surface area contributed by atoms with Crippen LogP contribution >= 0.6 is 11.8 Å². The van der Waals surface area contributed by atoms with Crippen LogP contribution in [0.2, 0.25) is 0 Å². The number of hydrogen-bond acceptors (Lipinski definition) is 3. The molecule has 1 aromatic carbocycles. The fourth-order valence-corrected chi connectivity index (χ4v) is 4.70. The van der Waals surface area contributed by atoms with Crippen LogP contribution < -0.4 is 10.9 Å². The van der Waals surface area contributed by atoms with Crippen LogP contribution in [-0.4, -0.2) is 21.4 Å². The van der Waals surface area contributed by atoms with Crippen molar-refractivity contribution in [1.82, 2.24) is 9.78 Å². The molecule has 120 valence electrons. The summed E-state index contributed by atoms with van der Waals surface area (Å²) in [6, 6.07) is 10.2. The number of anilines is 1. The molecule has 0 saturated heterocycles. The number of fused-ring (bicyclic) bond motifs is 1. The van der Waals surface area contributed by atoms with Crippen LogP contribution in [0.15, 0.2) is 35.1 Å². The summed E-state index contributed by atoms with van der Waals surface area (Å²) in [5.41, 5.74) is 1.65. The summed E-state index contributed by atoms with van der Waals surface area (Å²) >= 11 is 1.51. The molecule has 2 aromatic rings. The number of aromatic nitrogens is 2. The monoisotopic (exact) mass is 329 g/mol. The minimum absolute atomic E-state index is 0.0413.